The molecule has 0 aliphatic heterocycles. The Kier molecular flexibility index (Phi) is 2.82. The van der Waals surface area contributed by atoms with Crippen LogP contribution in [-0.4, -0.2) is 9.97 Å². The van der Waals surface area contributed by atoms with Crippen LogP contribution in [0.1, 0.15) is 5.82 Å². The lowest BCUT2D eigenvalue weighted by molar-refractivity contribution is 0.472. The lowest BCUT2D eigenvalue weighted by atomic mass is 10.1. The molecule has 0 fully saturated rings. The van der Waals surface area contributed by atoms with Crippen molar-refractivity contribution in [2.45, 2.75) is 6.92 Å². The average Bonchev–Trinajstić information content (AvgIpc) is 2.96. The summed E-state index contributed by atoms with van der Waals surface area (Å²) in [5.74, 6) is 2.16. The van der Waals surface area contributed by atoms with Crippen LogP contribution in [-0.2, 0) is 0 Å². The number of hydrogen-bond donors (Lipinski definition) is 0. The number of nitrogens with zero attached hydrogens (tertiary/aromatic N) is 2. The van der Waals surface area contributed by atoms with Crippen molar-refractivity contribution in [2.75, 3.05) is 0 Å². The number of fused-ring (bicyclic) bond motifs is 2. The highest BCUT2D eigenvalue weighted by molar-refractivity contribution is 7.16. The van der Waals surface area contributed by atoms with Gasteiger partial charge in [0.05, 0.1) is 5.39 Å². The van der Waals surface area contributed by atoms with Gasteiger partial charge < -0.3 is 4.74 Å². The third-order valence-electron chi connectivity index (χ3n) is 3.36. The van der Waals surface area contributed by atoms with E-state index in [-0.39, 0.29) is 0 Å². The fourth-order valence-corrected chi connectivity index (χ4v) is 3.20. The van der Waals surface area contributed by atoms with E-state index in [1.165, 1.54) is 0 Å². The van der Waals surface area contributed by atoms with E-state index in [1.54, 1.807) is 11.3 Å². The second-order valence-electron chi connectivity index (χ2n) is 4.79. The van der Waals surface area contributed by atoms with E-state index in [9.17, 15) is 0 Å². The molecule has 0 saturated carbocycles. The van der Waals surface area contributed by atoms with Crippen LogP contribution >= 0.6 is 11.3 Å². The van der Waals surface area contributed by atoms with E-state index in [4.69, 9.17) is 4.74 Å². The molecular weight excluding hydrogens is 280 g/mol. The largest absolute Gasteiger partial charge is 0.438 e. The minimum absolute atomic E-state index is 0.620. The Morgan fingerprint density at radius 2 is 1.76 bits per heavy atom. The van der Waals surface area contributed by atoms with Crippen LogP contribution in [0.2, 0.25) is 0 Å². The molecular formula is C17H12N2OS. The number of aromatic nitrogens is 2. The molecule has 3 nitrogen and oxygen atoms in total. The summed E-state index contributed by atoms with van der Waals surface area (Å²) in [5, 5.41) is 5.20. The standard InChI is InChI=1S/C17H12N2OS/c1-11-18-16(14-9-10-21-17(14)19-11)20-15-8-4-6-12-5-2-3-7-13(12)15/h2-10H,1H3. The van der Waals surface area contributed by atoms with Crippen molar-refractivity contribution in [3.8, 4) is 11.6 Å². The SMILES string of the molecule is Cc1nc(Oc2cccc3ccccc23)c2ccsc2n1. The van der Waals surface area contributed by atoms with Gasteiger partial charge in [-0.05, 0) is 29.8 Å². The van der Waals surface area contributed by atoms with Crippen molar-refractivity contribution in [1.82, 2.24) is 9.97 Å². The Bertz CT molecular complexity index is 940. The summed E-state index contributed by atoms with van der Waals surface area (Å²) < 4.78 is 6.10. The maximum absolute atomic E-state index is 6.10. The van der Waals surface area contributed by atoms with Crippen molar-refractivity contribution in [1.29, 1.82) is 0 Å². The van der Waals surface area contributed by atoms with Crippen molar-refractivity contribution in [2.24, 2.45) is 0 Å². The van der Waals surface area contributed by atoms with Gasteiger partial charge in [0, 0.05) is 5.39 Å². The third-order valence-corrected chi connectivity index (χ3v) is 4.16. The summed E-state index contributed by atoms with van der Waals surface area (Å²) in [6, 6.07) is 16.2. The number of hydrogen-bond acceptors (Lipinski definition) is 4. The van der Waals surface area contributed by atoms with E-state index in [0.717, 1.165) is 32.6 Å². The molecule has 2 aromatic carbocycles. The minimum Gasteiger partial charge on any atom is -0.438 e. The molecule has 0 bridgehead atoms. The summed E-state index contributed by atoms with van der Waals surface area (Å²) in [6.45, 7) is 1.88. The monoisotopic (exact) mass is 292 g/mol. The van der Waals surface area contributed by atoms with Crippen molar-refractivity contribution in [3.63, 3.8) is 0 Å². The summed E-state index contributed by atoms with van der Waals surface area (Å²) in [6.07, 6.45) is 0. The number of ether oxygens (including phenoxy) is 1. The molecule has 0 atom stereocenters. The number of benzene rings is 2. The first kappa shape index (κ1) is 12.3. The van der Waals surface area contributed by atoms with Crippen LogP contribution in [0.25, 0.3) is 21.0 Å². The highest BCUT2D eigenvalue weighted by Crippen LogP contribution is 2.33. The molecule has 0 radical (unpaired) electrons. The zero-order valence-corrected chi connectivity index (χ0v) is 12.2. The van der Waals surface area contributed by atoms with Crippen LogP contribution in [0.3, 0.4) is 0 Å². The Morgan fingerprint density at radius 3 is 2.71 bits per heavy atom. The van der Waals surface area contributed by atoms with Gasteiger partial charge in [-0.3, -0.25) is 0 Å². The maximum Gasteiger partial charge on any atom is 0.231 e. The molecule has 0 aliphatic carbocycles. The molecule has 0 unspecified atom stereocenters. The van der Waals surface area contributed by atoms with E-state index in [0.29, 0.717) is 5.88 Å². The van der Waals surface area contributed by atoms with Gasteiger partial charge in [-0.1, -0.05) is 36.4 Å². The van der Waals surface area contributed by atoms with Crippen molar-refractivity contribution >= 4 is 32.3 Å². The van der Waals surface area contributed by atoms with Gasteiger partial charge in [0.2, 0.25) is 5.88 Å². The van der Waals surface area contributed by atoms with Crippen LogP contribution < -0.4 is 4.74 Å². The zero-order chi connectivity index (χ0) is 14.2. The smallest absolute Gasteiger partial charge is 0.231 e. The average molecular weight is 292 g/mol. The van der Waals surface area contributed by atoms with Crippen LogP contribution in [0.15, 0.2) is 53.9 Å². The molecule has 0 N–H and O–H groups in total. The maximum atomic E-state index is 6.10. The van der Waals surface area contributed by atoms with Gasteiger partial charge in [0.1, 0.15) is 16.4 Å². The van der Waals surface area contributed by atoms with E-state index in [2.05, 4.69) is 28.2 Å². The zero-order valence-electron chi connectivity index (χ0n) is 11.4. The Balaban J connectivity index is 1.89. The Hall–Kier alpha value is -2.46. The first-order valence-corrected chi connectivity index (χ1v) is 7.57. The summed E-state index contributed by atoms with van der Waals surface area (Å²) >= 11 is 1.60. The molecule has 0 spiro atoms. The van der Waals surface area contributed by atoms with E-state index in [1.807, 2.05) is 42.6 Å². The van der Waals surface area contributed by atoms with Gasteiger partial charge in [0.25, 0.3) is 0 Å². The first-order chi connectivity index (χ1) is 10.3. The second kappa shape index (κ2) is 4.82. The normalized spacial score (nSPS) is 11.1. The molecule has 2 heterocycles. The third kappa shape index (κ3) is 2.14. The summed E-state index contributed by atoms with van der Waals surface area (Å²) in [5.41, 5.74) is 0. The molecule has 4 aromatic rings. The van der Waals surface area contributed by atoms with Crippen LogP contribution in [0.4, 0.5) is 0 Å². The molecule has 21 heavy (non-hydrogen) atoms. The highest BCUT2D eigenvalue weighted by atomic mass is 32.1. The summed E-state index contributed by atoms with van der Waals surface area (Å²) in [4.78, 5) is 9.83. The van der Waals surface area contributed by atoms with Gasteiger partial charge in [-0.2, -0.15) is 4.98 Å². The van der Waals surface area contributed by atoms with Gasteiger partial charge in [-0.15, -0.1) is 11.3 Å². The second-order valence-corrected chi connectivity index (χ2v) is 5.69. The minimum atomic E-state index is 0.620. The number of aryl methyl sites for hydroxylation is 1. The molecule has 0 saturated heterocycles. The topological polar surface area (TPSA) is 35.0 Å². The molecule has 2 aromatic heterocycles. The van der Waals surface area contributed by atoms with Gasteiger partial charge in [0.15, 0.2) is 0 Å². The lowest BCUT2D eigenvalue weighted by Crippen LogP contribution is -1.94. The fourth-order valence-electron chi connectivity index (χ4n) is 2.40. The fraction of sp³-hybridized carbons (Fsp3) is 0.0588. The predicted octanol–water partition coefficient (Wildman–Crippen LogP) is 4.95. The van der Waals surface area contributed by atoms with Crippen LogP contribution in [0.5, 0.6) is 11.6 Å². The van der Waals surface area contributed by atoms with Crippen LogP contribution in [0, 0.1) is 6.92 Å². The van der Waals surface area contributed by atoms with E-state index >= 15 is 0 Å². The quantitative estimate of drug-likeness (QED) is 0.524. The molecule has 0 aliphatic rings. The van der Waals surface area contributed by atoms with Gasteiger partial charge in [-0.25, -0.2) is 4.98 Å². The Labute approximate surface area is 125 Å². The number of thiophene rings is 1. The Morgan fingerprint density at radius 1 is 0.905 bits per heavy atom. The van der Waals surface area contributed by atoms with Gasteiger partial charge >= 0.3 is 0 Å². The van der Waals surface area contributed by atoms with Crippen molar-refractivity contribution < 1.29 is 4.74 Å². The molecule has 0 amide bonds. The highest BCUT2D eigenvalue weighted by Gasteiger charge is 2.10. The van der Waals surface area contributed by atoms with E-state index < -0.39 is 0 Å². The summed E-state index contributed by atoms with van der Waals surface area (Å²) in [7, 11) is 0. The lowest BCUT2D eigenvalue weighted by Gasteiger charge is -2.09. The number of rotatable bonds is 2. The first-order valence-electron chi connectivity index (χ1n) is 6.69. The van der Waals surface area contributed by atoms with Crippen molar-refractivity contribution in [3.05, 3.63) is 59.7 Å². The molecule has 4 heteroatoms. The predicted molar refractivity (Wildman–Crippen MR) is 86.2 cm³/mol. The molecule has 102 valence electrons. The molecule has 4 rings (SSSR count).